The number of thiazole rings is 1. The molecule has 0 spiro atoms. The van der Waals surface area contributed by atoms with Gasteiger partial charge in [-0.2, -0.15) is 0 Å². The Hall–Kier alpha value is -2.21. The molecule has 1 aromatic heterocycles. The number of carbonyl (C=O) groups is 2. The van der Waals surface area contributed by atoms with E-state index in [1.165, 1.54) is 16.9 Å². The molecule has 0 aliphatic carbocycles. The van der Waals surface area contributed by atoms with Gasteiger partial charge >= 0.3 is 0 Å². The maximum Gasteiger partial charge on any atom is 0.245 e. The Morgan fingerprint density at radius 1 is 1.12 bits per heavy atom. The van der Waals surface area contributed by atoms with Crippen molar-refractivity contribution < 1.29 is 9.59 Å². The van der Waals surface area contributed by atoms with Crippen molar-refractivity contribution in [3.05, 3.63) is 34.2 Å². The van der Waals surface area contributed by atoms with Crippen molar-refractivity contribution in [2.24, 2.45) is 5.41 Å². The number of carbonyl (C=O) groups excluding carboxylic acids is 2. The third-order valence-corrected chi connectivity index (χ3v) is 4.53. The third-order valence-electron chi connectivity index (χ3n) is 3.77. The molecular formula is C19H25N3O2S. The quantitative estimate of drug-likeness (QED) is 0.871. The zero-order chi connectivity index (χ0) is 18.8. The second-order valence-electron chi connectivity index (χ2n) is 7.29. The van der Waals surface area contributed by atoms with Crippen molar-refractivity contribution in [2.75, 3.05) is 11.9 Å². The predicted octanol–water partition coefficient (Wildman–Crippen LogP) is 3.84. The molecule has 0 aliphatic heterocycles. The van der Waals surface area contributed by atoms with Crippen molar-refractivity contribution in [3.63, 3.8) is 0 Å². The Morgan fingerprint density at radius 2 is 1.72 bits per heavy atom. The summed E-state index contributed by atoms with van der Waals surface area (Å²) in [6, 6.07) is 4.25. The lowest BCUT2D eigenvalue weighted by atomic mass is 9.96. The summed E-state index contributed by atoms with van der Waals surface area (Å²) in [6.07, 6.45) is 0. The van der Waals surface area contributed by atoms with Crippen LogP contribution in [0.1, 0.15) is 37.5 Å². The zero-order valence-corrected chi connectivity index (χ0v) is 16.4. The first-order valence-electron chi connectivity index (χ1n) is 8.20. The lowest BCUT2D eigenvalue weighted by Gasteiger charge is -2.17. The number of nitrogens with one attached hydrogen (secondary N) is 2. The molecular weight excluding hydrogens is 334 g/mol. The van der Waals surface area contributed by atoms with Crippen molar-refractivity contribution >= 4 is 28.3 Å². The van der Waals surface area contributed by atoms with Crippen LogP contribution in [0.15, 0.2) is 17.5 Å². The lowest BCUT2D eigenvalue weighted by Crippen LogP contribution is -2.39. The fourth-order valence-electron chi connectivity index (χ4n) is 2.62. The van der Waals surface area contributed by atoms with Crippen molar-refractivity contribution in [1.29, 1.82) is 0 Å². The maximum absolute atomic E-state index is 12.0. The van der Waals surface area contributed by atoms with Crippen LogP contribution in [0, 0.1) is 26.2 Å². The van der Waals surface area contributed by atoms with Crippen LogP contribution in [0.5, 0.6) is 0 Å². The molecule has 6 heteroatoms. The fraction of sp³-hybridized carbons (Fsp3) is 0.421. The number of anilines is 1. The molecule has 0 bridgehead atoms. The molecule has 2 amide bonds. The van der Waals surface area contributed by atoms with Gasteiger partial charge in [-0.25, -0.2) is 4.98 Å². The highest BCUT2D eigenvalue weighted by molar-refractivity contribution is 7.14. The number of amides is 2. The van der Waals surface area contributed by atoms with Gasteiger partial charge in [-0.05, 0) is 31.9 Å². The van der Waals surface area contributed by atoms with E-state index >= 15 is 0 Å². The van der Waals surface area contributed by atoms with Crippen LogP contribution in [0.4, 0.5) is 5.13 Å². The van der Waals surface area contributed by atoms with Gasteiger partial charge in [0.05, 0.1) is 12.2 Å². The number of nitrogens with zero attached hydrogens (tertiary/aromatic N) is 1. The monoisotopic (exact) mass is 359 g/mol. The van der Waals surface area contributed by atoms with Gasteiger partial charge in [0, 0.05) is 16.4 Å². The molecule has 2 N–H and O–H groups in total. The first-order chi connectivity index (χ1) is 11.6. The van der Waals surface area contributed by atoms with E-state index in [2.05, 4.69) is 48.5 Å². The summed E-state index contributed by atoms with van der Waals surface area (Å²) < 4.78 is 0. The molecule has 1 aromatic carbocycles. The molecule has 0 aliphatic rings. The number of aryl methyl sites for hydroxylation is 3. The van der Waals surface area contributed by atoms with E-state index in [-0.39, 0.29) is 18.4 Å². The van der Waals surface area contributed by atoms with Crippen LogP contribution in [0.2, 0.25) is 0 Å². The largest absolute Gasteiger partial charge is 0.347 e. The minimum Gasteiger partial charge on any atom is -0.347 e. The molecule has 2 aromatic rings. The topological polar surface area (TPSA) is 71.1 Å². The van der Waals surface area contributed by atoms with E-state index in [4.69, 9.17) is 0 Å². The van der Waals surface area contributed by atoms with Crippen LogP contribution >= 0.6 is 11.3 Å². The summed E-state index contributed by atoms with van der Waals surface area (Å²) in [7, 11) is 0. The number of benzene rings is 1. The molecule has 0 saturated carbocycles. The Kier molecular flexibility index (Phi) is 5.62. The Labute approximate surface area is 152 Å². The van der Waals surface area contributed by atoms with Gasteiger partial charge in [0.2, 0.25) is 11.8 Å². The number of hydrogen-bond acceptors (Lipinski definition) is 4. The summed E-state index contributed by atoms with van der Waals surface area (Å²) in [5, 5.41) is 7.84. The second kappa shape index (κ2) is 7.35. The maximum atomic E-state index is 12.0. The van der Waals surface area contributed by atoms with Gasteiger partial charge in [-0.15, -0.1) is 11.3 Å². The summed E-state index contributed by atoms with van der Waals surface area (Å²) in [4.78, 5) is 28.3. The number of rotatable bonds is 4. The molecule has 0 saturated heterocycles. The first kappa shape index (κ1) is 19.1. The second-order valence-corrected chi connectivity index (χ2v) is 8.15. The minimum absolute atomic E-state index is 0.0619. The van der Waals surface area contributed by atoms with E-state index in [9.17, 15) is 9.59 Å². The first-order valence-corrected chi connectivity index (χ1v) is 9.08. The summed E-state index contributed by atoms with van der Waals surface area (Å²) in [5.74, 6) is -0.441. The highest BCUT2D eigenvalue weighted by atomic mass is 32.1. The van der Waals surface area contributed by atoms with E-state index in [0.29, 0.717) is 5.13 Å². The van der Waals surface area contributed by atoms with Gasteiger partial charge in [-0.1, -0.05) is 38.5 Å². The average molecular weight is 359 g/mol. The molecule has 25 heavy (non-hydrogen) atoms. The zero-order valence-electron chi connectivity index (χ0n) is 15.6. The van der Waals surface area contributed by atoms with Crippen LogP contribution in [-0.2, 0) is 9.59 Å². The van der Waals surface area contributed by atoms with E-state index in [1.54, 1.807) is 20.8 Å². The van der Waals surface area contributed by atoms with Crippen molar-refractivity contribution in [2.45, 2.75) is 41.5 Å². The smallest absolute Gasteiger partial charge is 0.245 e. The van der Waals surface area contributed by atoms with Gasteiger partial charge in [0.1, 0.15) is 0 Å². The van der Waals surface area contributed by atoms with Crippen molar-refractivity contribution in [1.82, 2.24) is 10.3 Å². The number of hydrogen-bond donors (Lipinski definition) is 2. The van der Waals surface area contributed by atoms with E-state index in [0.717, 1.165) is 22.4 Å². The average Bonchev–Trinajstić information content (AvgIpc) is 2.90. The molecule has 0 radical (unpaired) electrons. The molecule has 2 rings (SSSR count). The predicted molar refractivity (Wildman–Crippen MR) is 103 cm³/mol. The Morgan fingerprint density at radius 3 is 2.28 bits per heavy atom. The van der Waals surface area contributed by atoms with Crippen LogP contribution < -0.4 is 10.6 Å². The lowest BCUT2D eigenvalue weighted by molar-refractivity contribution is -0.130. The molecule has 1 heterocycles. The van der Waals surface area contributed by atoms with Crippen LogP contribution in [0.3, 0.4) is 0 Å². The van der Waals surface area contributed by atoms with Crippen LogP contribution in [0.25, 0.3) is 11.3 Å². The van der Waals surface area contributed by atoms with E-state index in [1.807, 2.05) is 5.38 Å². The summed E-state index contributed by atoms with van der Waals surface area (Å²) >= 11 is 1.38. The number of aromatic nitrogens is 1. The molecule has 0 atom stereocenters. The highest BCUT2D eigenvalue weighted by Gasteiger charge is 2.21. The van der Waals surface area contributed by atoms with Gasteiger partial charge in [0.25, 0.3) is 0 Å². The van der Waals surface area contributed by atoms with E-state index < -0.39 is 5.41 Å². The normalized spacial score (nSPS) is 11.3. The Balaban J connectivity index is 2.05. The van der Waals surface area contributed by atoms with Crippen molar-refractivity contribution in [3.8, 4) is 11.3 Å². The summed E-state index contributed by atoms with van der Waals surface area (Å²) in [5.41, 5.74) is 4.99. The molecule has 0 fully saturated rings. The molecule has 0 unspecified atom stereocenters. The van der Waals surface area contributed by atoms with Gasteiger partial charge in [-0.3, -0.25) is 9.59 Å². The van der Waals surface area contributed by atoms with Gasteiger partial charge < -0.3 is 10.6 Å². The highest BCUT2D eigenvalue weighted by Crippen LogP contribution is 2.30. The van der Waals surface area contributed by atoms with Gasteiger partial charge in [0.15, 0.2) is 5.13 Å². The Bertz CT molecular complexity index is 780. The SMILES string of the molecule is Cc1cc(C)c(-c2csc(NC(=O)CNC(=O)C(C)(C)C)n2)c(C)c1. The summed E-state index contributed by atoms with van der Waals surface area (Å²) in [6.45, 7) is 11.6. The molecule has 5 nitrogen and oxygen atoms in total. The third kappa shape index (κ3) is 4.89. The standard InChI is InChI=1S/C19H25N3O2S/c1-11-7-12(2)16(13(3)8-11)14-10-25-18(21-14)22-15(23)9-20-17(24)19(4,5)6/h7-8,10H,9H2,1-6H3,(H,20,24)(H,21,22,23). The molecule has 134 valence electrons. The fourth-order valence-corrected chi connectivity index (χ4v) is 3.34. The van der Waals surface area contributed by atoms with Crippen LogP contribution in [-0.4, -0.2) is 23.3 Å². The minimum atomic E-state index is -0.519.